The molecule has 0 spiro atoms. The van der Waals surface area contributed by atoms with Gasteiger partial charge in [0.15, 0.2) is 22.9 Å². The van der Waals surface area contributed by atoms with E-state index in [-0.39, 0.29) is 45.6 Å². The van der Waals surface area contributed by atoms with Crippen LogP contribution in [0.4, 0.5) is 0 Å². The van der Waals surface area contributed by atoms with Crippen LogP contribution in [0.5, 0.6) is 11.5 Å². The Hall–Kier alpha value is -3.20. The Morgan fingerprint density at radius 1 is 1.30 bits per heavy atom. The van der Waals surface area contributed by atoms with Gasteiger partial charge in [0.2, 0.25) is 5.89 Å². The summed E-state index contributed by atoms with van der Waals surface area (Å²) in [5, 5.41) is 28.8. The number of aromatic hydroxyl groups is 2. The number of carbonyl (C=O) groups is 1. The van der Waals surface area contributed by atoms with Gasteiger partial charge in [0.05, 0.1) is 6.20 Å². The smallest absolute Gasteiger partial charge is 0.254 e. The van der Waals surface area contributed by atoms with Gasteiger partial charge in [0.25, 0.3) is 5.91 Å². The van der Waals surface area contributed by atoms with Crippen molar-refractivity contribution in [2.45, 2.75) is 13.5 Å². The van der Waals surface area contributed by atoms with E-state index < -0.39 is 12.5 Å². The van der Waals surface area contributed by atoms with E-state index in [2.05, 4.69) is 15.0 Å². The molecule has 118 valence electrons. The minimum Gasteiger partial charge on any atom is -0.507 e. The molecule has 9 nitrogen and oxygen atoms in total. The second-order valence-corrected chi connectivity index (χ2v) is 4.83. The molecule has 0 fully saturated rings. The van der Waals surface area contributed by atoms with Crippen molar-refractivity contribution in [1.29, 1.82) is 0 Å². The Balaban J connectivity index is 2.31. The first-order valence-corrected chi connectivity index (χ1v) is 6.51. The van der Waals surface area contributed by atoms with Gasteiger partial charge in [-0.2, -0.15) is 0 Å². The number of hydrogen-bond acceptors (Lipinski definition) is 8. The number of carbonyl (C=O) groups excluding carboxylic acids is 1. The Kier molecular flexibility index (Phi) is 3.34. The molecule has 5 N–H and O–H groups in total. The van der Waals surface area contributed by atoms with Crippen LogP contribution in [0, 0.1) is 6.92 Å². The molecule has 0 aliphatic rings. The lowest BCUT2D eigenvalue weighted by Crippen LogP contribution is -2.12. The van der Waals surface area contributed by atoms with E-state index in [4.69, 9.17) is 15.3 Å². The lowest BCUT2D eigenvalue weighted by atomic mass is 10.1. The first kappa shape index (κ1) is 14.7. The predicted molar refractivity (Wildman–Crippen MR) is 77.5 cm³/mol. The molecule has 9 heteroatoms. The second-order valence-electron chi connectivity index (χ2n) is 4.83. The van der Waals surface area contributed by atoms with E-state index in [1.165, 1.54) is 6.07 Å². The first-order valence-electron chi connectivity index (χ1n) is 6.51. The number of primary amides is 1. The lowest BCUT2D eigenvalue weighted by molar-refractivity contribution is 0.0999. The quantitative estimate of drug-likeness (QED) is 0.547. The van der Waals surface area contributed by atoms with Gasteiger partial charge in [-0.05, 0) is 18.6 Å². The Bertz CT molecular complexity index is 935. The number of aliphatic hydroxyl groups excluding tert-OH is 1. The maximum atomic E-state index is 11.5. The van der Waals surface area contributed by atoms with Crippen molar-refractivity contribution in [2.24, 2.45) is 5.73 Å². The molecule has 2 heterocycles. The van der Waals surface area contributed by atoms with Crippen LogP contribution >= 0.6 is 0 Å². The lowest BCUT2D eigenvalue weighted by Gasteiger charge is -2.02. The molecule has 23 heavy (non-hydrogen) atoms. The van der Waals surface area contributed by atoms with E-state index in [1.807, 2.05) is 0 Å². The first-order chi connectivity index (χ1) is 10.9. The van der Waals surface area contributed by atoms with Crippen LogP contribution in [0.2, 0.25) is 0 Å². The maximum Gasteiger partial charge on any atom is 0.254 e. The van der Waals surface area contributed by atoms with Crippen molar-refractivity contribution in [2.75, 3.05) is 0 Å². The molecular weight excluding hydrogens is 304 g/mol. The molecule has 0 atom stereocenters. The van der Waals surface area contributed by atoms with Gasteiger partial charge >= 0.3 is 0 Å². The number of rotatable bonds is 3. The SMILES string of the molecule is Cc1cc(O)c(C(N)=O)c2nc(-c3nc(CO)ncc3O)oc12. The summed E-state index contributed by atoms with van der Waals surface area (Å²) in [6.45, 7) is 1.22. The van der Waals surface area contributed by atoms with Gasteiger partial charge in [-0.3, -0.25) is 4.79 Å². The standard InChI is InChI=1S/C14H12N4O5/c1-5-2-6(20)9(13(15)22)11-12(5)23-14(18-11)10-7(21)3-16-8(4-19)17-10/h2-3,19-21H,4H2,1H3,(H2,15,22). The van der Waals surface area contributed by atoms with Gasteiger partial charge < -0.3 is 25.5 Å². The number of fused-ring (bicyclic) bond motifs is 1. The number of hydrogen-bond donors (Lipinski definition) is 4. The maximum absolute atomic E-state index is 11.5. The third-order valence-electron chi connectivity index (χ3n) is 3.24. The highest BCUT2D eigenvalue weighted by atomic mass is 16.4. The fourth-order valence-corrected chi connectivity index (χ4v) is 2.21. The number of phenols is 1. The van der Waals surface area contributed by atoms with Crippen LogP contribution in [0.15, 0.2) is 16.7 Å². The predicted octanol–water partition coefficient (Wildman–Crippen LogP) is 0.596. The van der Waals surface area contributed by atoms with Crippen LogP contribution in [0.1, 0.15) is 21.7 Å². The van der Waals surface area contributed by atoms with Crippen molar-refractivity contribution >= 4 is 17.0 Å². The van der Waals surface area contributed by atoms with Crippen molar-refractivity contribution in [3.63, 3.8) is 0 Å². The van der Waals surface area contributed by atoms with Crippen molar-refractivity contribution in [3.8, 4) is 23.1 Å². The highest BCUT2D eigenvalue weighted by molar-refractivity contribution is 6.07. The normalized spacial score (nSPS) is 11.0. The minimum absolute atomic E-state index is 0.0467. The molecule has 0 aliphatic carbocycles. The number of amides is 1. The van der Waals surface area contributed by atoms with Gasteiger partial charge in [-0.1, -0.05) is 0 Å². The van der Waals surface area contributed by atoms with Crippen LogP contribution in [0.25, 0.3) is 22.7 Å². The molecule has 1 aromatic carbocycles. The summed E-state index contributed by atoms with van der Waals surface area (Å²) in [5.74, 6) is -1.52. The van der Waals surface area contributed by atoms with Gasteiger partial charge in [-0.25, -0.2) is 15.0 Å². The molecule has 1 amide bonds. The zero-order valence-electron chi connectivity index (χ0n) is 11.9. The number of aliphatic hydroxyl groups is 1. The van der Waals surface area contributed by atoms with Crippen LogP contribution in [-0.4, -0.2) is 36.2 Å². The third kappa shape index (κ3) is 2.32. The molecule has 3 aromatic rings. The molecule has 3 rings (SSSR count). The highest BCUT2D eigenvalue weighted by Gasteiger charge is 2.22. The Labute approximate surface area is 129 Å². The van der Waals surface area contributed by atoms with E-state index >= 15 is 0 Å². The molecule has 0 saturated carbocycles. The highest BCUT2D eigenvalue weighted by Crippen LogP contribution is 2.34. The minimum atomic E-state index is -0.865. The zero-order chi connectivity index (χ0) is 16.7. The molecule has 0 unspecified atom stereocenters. The zero-order valence-corrected chi connectivity index (χ0v) is 11.9. The van der Waals surface area contributed by atoms with Crippen molar-refractivity contribution in [3.05, 3.63) is 29.2 Å². The Morgan fingerprint density at radius 2 is 2.04 bits per heavy atom. The number of aryl methyl sites for hydroxylation is 1. The number of nitrogens with zero attached hydrogens (tertiary/aromatic N) is 3. The average molecular weight is 316 g/mol. The van der Waals surface area contributed by atoms with Crippen LogP contribution in [-0.2, 0) is 6.61 Å². The number of benzene rings is 1. The molecule has 0 saturated heterocycles. The van der Waals surface area contributed by atoms with Crippen molar-refractivity contribution in [1.82, 2.24) is 15.0 Å². The fraction of sp³-hybridized carbons (Fsp3) is 0.143. The number of nitrogens with two attached hydrogens (primary N) is 1. The molecule has 0 bridgehead atoms. The summed E-state index contributed by atoms with van der Waals surface area (Å²) in [4.78, 5) is 23.3. The third-order valence-corrected chi connectivity index (χ3v) is 3.24. The van der Waals surface area contributed by atoms with E-state index in [9.17, 15) is 15.0 Å². The summed E-state index contributed by atoms with van der Waals surface area (Å²) in [6.07, 6.45) is 1.10. The molecule has 0 aliphatic heterocycles. The number of oxazole rings is 1. The Morgan fingerprint density at radius 3 is 2.70 bits per heavy atom. The van der Waals surface area contributed by atoms with Crippen molar-refractivity contribution < 1.29 is 24.5 Å². The molecule has 2 aromatic heterocycles. The summed E-state index contributed by atoms with van der Waals surface area (Å²) in [7, 11) is 0. The second kappa shape index (κ2) is 5.21. The monoisotopic (exact) mass is 316 g/mol. The summed E-state index contributed by atoms with van der Waals surface area (Å²) < 4.78 is 5.55. The van der Waals surface area contributed by atoms with E-state index in [1.54, 1.807) is 6.92 Å². The number of aromatic nitrogens is 3. The van der Waals surface area contributed by atoms with Gasteiger partial charge in [0.1, 0.15) is 23.4 Å². The van der Waals surface area contributed by atoms with Gasteiger partial charge in [0, 0.05) is 0 Å². The van der Waals surface area contributed by atoms with Crippen LogP contribution < -0.4 is 5.73 Å². The fourth-order valence-electron chi connectivity index (χ4n) is 2.21. The topological polar surface area (TPSA) is 156 Å². The average Bonchev–Trinajstić information content (AvgIpc) is 2.92. The van der Waals surface area contributed by atoms with E-state index in [0.29, 0.717) is 5.56 Å². The largest absolute Gasteiger partial charge is 0.507 e. The summed E-state index contributed by atoms with van der Waals surface area (Å²) in [6, 6.07) is 1.33. The van der Waals surface area contributed by atoms with Gasteiger partial charge in [-0.15, -0.1) is 0 Å². The van der Waals surface area contributed by atoms with Crippen LogP contribution in [0.3, 0.4) is 0 Å². The molecule has 0 radical (unpaired) electrons. The molecular formula is C14H12N4O5. The van der Waals surface area contributed by atoms with E-state index in [0.717, 1.165) is 6.20 Å². The summed E-state index contributed by atoms with van der Waals surface area (Å²) >= 11 is 0. The summed E-state index contributed by atoms with van der Waals surface area (Å²) in [5.41, 5.74) is 5.86.